The molecule has 1 heterocycles. The van der Waals surface area contributed by atoms with Crippen molar-refractivity contribution in [2.75, 3.05) is 14.2 Å². The lowest BCUT2D eigenvalue weighted by molar-refractivity contribution is 0.279. The van der Waals surface area contributed by atoms with Gasteiger partial charge in [0.15, 0.2) is 34.8 Å². The molecule has 0 fully saturated rings. The Kier molecular flexibility index (Phi) is 6.14. The van der Waals surface area contributed by atoms with E-state index in [9.17, 15) is 26.7 Å². The molecular weight excluding hydrogens is 463 g/mol. The number of ether oxygens (including phenoxy) is 3. The summed E-state index contributed by atoms with van der Waals surface area (Å²) in [5.41, 5.74) is -0.967. The van der Waals surface area contributed by atoms with Crippen LogP contribution >= 0.6 is 0 Å². The summed E-state index contributed by atoms with van der Waals surface area (Å²) in [6.07, 6.45) is 0. The SMILES string of the molecule is COc1ccc(-c2cc3ccc(OCc4c(F)c(F)c(F)c(F)c4F)cc3oc2=O)cc1OC. The zero-order valence-corrected chi connectivity index (χ0v) is 17.7. The van der Waals surface area contributed by atoms with Crippen molar-refractivity contribution in [3.8, 4) is 28.4 Å². The van der Waals surface area contributed by atoms with E-state index in [0.29, 0.717) is 22.4 Å². The highest BCUT2D eigenvalue weighted by molar-refractivity contribution is 5.83. The highest BCUT2D eigenvalue weighted by Crippen LogP contribution is 2.33. The third-order valence-electron chi connectivity index (χ3n) is 5.09. The van der Waals surface area contributed by atoms with Crippen molar-refractivity contribution in [2.24, 2.45) is 0 Å². The van der Waals surface area contributed by atoms with Crippen LogP contribution < -0.4 is 19.8 Å². The van der Waals surface area contributed by atoms with E-state index >= 15 is 0 Å². The van der Waals surface area contributed by atoms with E-state index < -0.39 is 46.9 Å². The minimum atomic E-state index is -2.25. The van der Waals surface area contributed by atoms with Gasteiger partial charge in [-0.15, -0.1) is 0 Å². The van der Waals surface area contributed by atoms with Crippen molar-refractivity contribution in [2.45, 2.75) is 6.61 Å². The Labute approximate surface area is 188 Å². The van der Waals surface area contributed by atoms with Crippen molar-refractivity contribution in [1.29, 1.82) is 0 Å². The van der Waals surface area contributed by atoms with Gasteiger partial charge in [-0.3, -0.25) is 0 Å². The smallest absolute Gasteiger partial charge is 0.344 e. The van der Waals surface area contributed by atoms with Crippen LogP contribution in [0.1, 0.15) is 5.56 Å². The van der Waals surface area contributed by atoms with Crippen LogP contribution in [0.2, 0.25) is 0 Å². The predicted octanol–water partition coefficient (Wildman–Crippen LogP) is 5.75. The molecule has 0 saturated heterocycles. The van der Waals surface area contributed by atoms with Crippen LogP contribution in [0, 0.1) is 29.1 Å². The Morgan fingerprint density at radius 3 is 2.06 bits per heavy atom. The van der Waals surface area contributed by atoms with Crippen LogP contribution in [0.25, 0.3) is 22.1 Å². The summed E-state index contributed by atoms with van der Waals surface area (Å²) in [5.74, 6) is -9.47. The average Bonchev–Trinajstić information content (AvgIpc) is 2.85. The highest BCUT2D eigenvalue weighted by Gasteiger charge is 2.26. The van der Waals surface area contributed by atoms with Crippen molar-refractivity contribution < 1.29 is 40.6 Å². The molecule has 0 spiro atoms. The van der Waals surface area contributed by atoms with Crippen molar-refractivity contribution in [3.63, 3.8) is 0 Å². The van der Waals surface area contributed by atoms with Gasteiger partial charge in [-0.05, 0) is 35.9 Å². The van der Waals surface area contributed by atoms with E-state index in [1.54, 1.807) is 24.3 Å². The van der Waals surface area contributed by atoms with Gasteiger partial charge in [0.2, 0.25) is 5.82 Å². The van der Waals surface area contributed by atoms with Crippen LogP contribution in [0.5, 0.6) is 17.2 Å². The molecule has 1 aromatic heterocycles. The molecule has 4 aromatic rings. The molecule has 0 aliphatic rings. The number of rotatable bonds is 6. The molecule has 0 radical (unpaired) electrons. The number of fused-ring (bicyclic) bond motifs is 1. The maximum absolute atomic E-state index is 13.8. The first-order chi connectivity index (χ1) is 16.2. The average molecular weight is 478 g/mol. The van der Waals surface area contributed by atoms with Crippen molar-refractivity contribution in [3.05, 3.63) is 87.5 Å². The minimum Gasteiger partial charge on any atom is -0.493 e. The maximum atomic E-state index is 13.8. The summed E-state index contributed by atoms with van der Waals surface area (Å²) in [6, 6.07) is 10.6. The summed E-state index contributed by atoms with van der Waals surface area (Å²) in [4.78, 5) is 12.6. The number of halogens is 5. The lowest BCUT2D eigenvalue weighted by atomic mass is 10.1. The number of hydrogen-bond acceptors (Lipinski definition) is 5. The first kappa shape index (κ1) is 23.1. The lowest BCUT2D eigenvalue weighted by Gasteiger charge is -2.11. The molecule has 0 saturated carbocycles. The Morgan fingerprint density at radius 1 is 0.765 bits per heavy atom. The van der Waals surface area contributed by atoms with Gasteiger partial charge in [-0.2, -0.15) is 0 Å². The van der Waals surface area contributed by atoms with Gasteiger partial charge in [-0.25, -0.2) is 26.7 Å². The van der Waals surface area contributed by atoms with E-state index in [4.69, 9.17) is 18.6 Å². The van der Waals surface area contributed by atoms with Crippen LogP contribution in [0.3, 0.4) is 0 Å². The second kappa shape index (κ2) is 9.05. The second-order valence-corrected chi connectivity index (χ2v) is 7.05. The van der Waals surface area contributed by atoms with E-state index in [2.05, 4.69) is 0 Å². The molecule has 4 rings (SSSR count). The standard InChI is InChI=1S/C24H15F5O5/c1-31-16-6-4-11(8-18(16)32-2)14-7-12-3-5-13(9-17(12)34-24(14)30)33-10-15-19(25)21(27)23(29)22(28)20(15)26/h3-9H,10H2,1-2H3. The van der Waals surface area contributed by atoms with Gasteiger partial charge in [0.05, 0.1) is 25.3 Å². The third-order valence-corrected chi connectivity index (χ3v) is 5.09. The topological polar surface area (TPSA) is 57.9 Å². The van der Waals surface area contributed by atoms with E-state index in [1.165, 1.54) is 32.4 Å². The summed E-state index contributed by atoms with van der Waals surface area (Å²) < 4.78 is 88.6. The molecule has 0 aliphatic carbocycles. The lowest BCUT2D eigenvalue weighted by Crippen LogP contribution is -2.10. The zero-order valence-electron chi connectivity index (χ0n) is 17.7. The molecule has 5 nitrogen and oxygen atoms in total. The van der Waals surface area contributed by atoms with Gasteiger partial charge >= 0.3 is 5.63 Å². The number of methoxy groups -OCH3 is 2. The van der Waals surface area contributed by atoms with Gasteiger partial charge in [0.1, 0.15) is 17.9 Å². The molecule has 0 aliphatic heterocycles. The molecule has 176 valence electrons. The van der Waals surface area contributed by atoms with E-state index in [-0.39, 0.29) is 16.9 Å². The highest BCUT2D eigenvalue weighted by atomic mass is 19.2. The van der Waals surface area contributed by atoms with Crippen molar-refractivity contribution in [1.82, 2.24) is 0 Å². The first-order valence-electron chi connectivity index (χ1n) is 9.68. The Bertz CT molecular complexity index is 1440. The minimum absolute atomic E-state index is 0.0153. The molecule has 0 N–H and O–H groups in total. The van der Waals surface area contributed by atoms with Gasteiger partial charge in [0.25, 0.3) is 0 Å². The number of benzene rings is 3. The fraction of sp³-hybridized carbons (Fsp3) is 0.125. The van der Waals surface area contributed by atoms with Gasteiger partial charge in [-0.1, -0.05) is 6.07 Å². The zero-order chi connectivity index (χ0) is 24.6. The quantitative estimate of drug-likeness (QED) is 0.153. The molecule has 3 aromatic carbocycles. The van der Waals surface area contributed by atoms with Crippen LogP contribution in [0.15, 0.2) is 51.7 Å². The normalized spacial score (nSPS) is 11.0. The predicted molar refractivity (Wildman–Crippen MR) is 112 cm³/mol. The van der Waals surface area contributed by atoms with Crippen molar-refractivity contribution >= 4 is 11.0 Å². The fourth-order valence-electron chi connectivity index (χ4n) is 3.32. The molecule has 0 atom stereocenters. The largest absolute Gasteiger partial charge is 0.493 e. The Balaban J connectivity index is 1.65. The molecule has 0 amide bonds. The summed E-state index contributed by atoms with van der Waals surface area (Å²) in [5, 5.41) is 0.493. The fourth-order valence-corrected chi connectivity index (χ4v) is 3.32. The number of hydrogen-bond donors (Lipinski definition) is 0. The van der Waals surface area contributed by atoms with Gasteiger partial charge in [0, 0.05) is 11.5 Å². The maximum Gasteiger partial charge on any atom is 0.344 e. The molecule has 34 heavy (non-hydrogen) atoms. The van der Waals surface area contributed by atoms with Gasteiger partial charge < -0.3 is 18.6 Å². The Hall–Kier alpha value is -4.08. The van der Waals surface area contributed by atoms with Crippen LogP contribution in [-0.2, 0) is 6.61 Å². The Morgan fingerprint density at radius 2 is 1.41 bits per heavy atom. The summed E-state index contributed by atoms with van der Waals surface area (Å²) in [7, 11) is 2.94. The monoisotopic (exact) mass is 478 g/mol. The first-order valence-corrected chi connectivity index (χ1v) is 9.68. The summed E-state index contributed by atoms with van der Waals surface area (Å²) >= 11 is 0. The van der Waals surface area contributed by atoms with Crippen LogP contribution in [-0.4, -0.2) is 14.2 Å². The summed E-state index contributed by atoms with van der Waals surface area (Å²) in [6.45, 7) is -0.939. The third kappa shape index (κ3) is 4.02. The molecular formula is C24H15F5O5. The molecule has 10 heteroatoms. The van der Waals surface area contributed by atoms with E-state index in [0.717, 1.165) is 0 Å². The molecule has 0 bridgehead atoms. The second-order valence-electron chi connectivity index (χ2n) is 7.05. The molecule has 0 unspecified atom stereocenters. The van der Waals surface area contributed by atoms with E-state index in [1.807, 2.05) is 0 Å². The van der Waals surface area contributed by atoms with Crippen LogP contribution in [0.4, 0.5) is 22.0 Å².